The standard InChI is InChI=1S/C22H29ClN2.ClH/c1-22(2,3)18-9-11-20(12-10-18)25(16-15-24-13-4-5-14-24)21-8-6-7-19(23)17-21;/h6-12,17H,4-5,13-16H2,1-3H3;1H. The molecule has 0 spiro atoms. The minimum atomic E-state index is 0. The summed E-state index contributed by atoms with van der Waals surface area (Å²) in [5, 5.41) is 0.787. The highest BCUT2D eigenvalue weighted by atomic mass is 35.5. The maximum absolute atomic E-state index is 6.25. The largest absolute Gasteiger partial charge is 0.340 e. The zero-order chi connectivity index (χ0) is 17.9. The average Bonchev–Trinajstić information content (AvgIpc) is 3.08. The van der Waals surface area contributed by atoms with E-state index in [1.807, 2.05) is 12.1 Å². The molecule has 1 saturated heterocycles. The summed E-state index contributed by atoms with van der Waals surface area (Å²) in [7, 11) is 0. The lowest BCUT2D eigenvalue weighted by molar-refractivity contribution is 0.348. The quantitative estimate of drug-likeness (QED) is 0.589. The fourth-order valence-corrected chi connectivity index (χ4v) is 3.62. The molecule has 2 aromatic rings. The van der Waals surface area contributed by atoms with Gasteiger partial charge in [0.1, 0.15) is 0 Å². The van der Waals surface area contributed by atoms with Gasteiger partial charge >= 0.3 is 0 Å². The Balaban J connectivity index is 0.00000243. The zero-order valence-corrected chi connectivity index (χ0v) is 17.6. The highest BCUT2D eigenvalue weighted by molar-refractivity contribution is 6.30. The summed E-state index contributed by atoms with van der Waals surface area (Å²) in [6.07, 6.45) is 2.66. The predicted octanol–water partition coefficient (Wildman–Crippen LogP) is 6.29. The van der Waals surface area contributed by atoms with Gasteiger partial charge in [0.05, 0.1) is 0 Å². The molecular weight excluding hydrogens is 363 g/mol. The first-order chi connectivity index (χ1) is 11.9. The second-order valence-corrected chi connectivity index (χ2v) is 8.41. The van der Waals surface area contributed by atoms with Gasteiger partial charge in [-0.2, -0.15) is 0 Å². The van der Waals surface area contributed by atoms with Crippen molar-refractivity contribution < 1.29 is 0 Å². The van der Waals surface area contributed by atoms with E-state index in [2.05, 4.69) is 67.0 Å². The Morgan fingerprint density at radius 2 is 1.62 bits per heavy atom. The number of halogens is 2. The summed E-state index contributed by atoms with van der Waals surface area (Å²) in [5.74, 6) is 0. The Labute approximate surface area is 169 Å². The number of benzene rings is 2. The van der Waals surface area contributed by atoms with Gasteiger partial charge in [-0.1, -0.05) is 50.6 Å². The van der Waals surface area contributed by atoms with Crippen LogP contribution >= 0.6 is 24.0 Å². The number of hydrogen-bond donors (Lipinski definition) is 0. The number of rotatable bonds is 5. The molecular formula is C22H30Cl2N2. The summed E-state index contributed by atoms with van der Waals surface area (Å²) in [6, 6.07) is 17.2. The van der Waals surface area contributed by atoms with Crippen LogP contribution in [0.3, 0.4) is 0 Å². The molecule has 1 aliphatic rings. The lowest BCUT2D eigenvalue weighted by atomic mass is 9.87. The zero-order valence-electron chi connectivity index (χ0n) is 16.0. The molecule has 1 heterocycles. The molecule has 1 aliphatic heterocycles. The number of hydrogen-bond acceptors (Lipinski definition) is 2. The normalized spacial score (nSPS) is 14.9. The van der Waals surface area contributed by atoms with E-state index in [-0.39, 0.29) is 17.8 Å². The van der Waals surface area contributed by atoms with Crippen LogP contribution in [0.4, 0.5) is 11.4 Å². The predicted molar refractivity (Wildman–Crippen MR) is 117 cm³/mol. The Morgan fingerprint density at radius 3 is 2.19 bits per heavy atom. The summed E-state index contributed by atoms with van der Waals surface area (Å²) in [5.41, 5.74) is 3.93. The number of nitrogens with zero attached hydrogens (tertiary/aromatic N) is 2. The van der Waals surface area contributed by atoms with E-state index in [0.29, 0.717) is 0 Å². The van der Waals surface area contributed by atoms with Crippen LogP contribution in [0.5, 0.6) is 0 Å². The Bertz CT molecular complexity index is 686. The first kappa shape index (κ1) is 21.1. The molecule has 0 N–H and O–H groups in total. The van der Waals surface area contributed by atoms with Crippen molar-refractivity contribution in [1.82, 2.24) is 4.90 Å². The molecule has 0 amide bonds. The van der Waals surface area contributed by atoms with Crippen molar-refractivity contribution in [3.8, 4) is 0 Å². The fraction of sp³-hybridized carbons (Fsp3) is 0.455. The van der Waals surface area contributed by atoms with Gasteiger partial charge in [0.15, 0.2) is 0 Å². The van der Waals surface area contributed by atoms with E-state index in [0.717, 1.165) is 23.8 Å². The SMILES string of the molecule is CC(C)(C)c1ccc(N(CCN2CCCC2)c2cccc(Cl)c2)cc1.Cl. The van der Waals surface area contributed by atoms with Crippen LogP contribution in [-0.2, 0) is 5.41 Å². The summed E-state index contributed by atoms with van der Waals surface area (Å²) >= 11 is 6.25. The topological polar surface area (TPSA) is 6.48 Å². The Morgan fingerprint density at radius 1 is 0.962 bits per heavy atom. The molecule has 3 rings (SSSR count). The van der Waals surface area contributed by atoms with Crippen molar-refractivity contribution in [3.63, 3.8) is 0 Å². The van der Waals surface area contributed by atoms with Gasteiger partial charge in [0.25, 0.3) is 0 Å². The molecule has 0 saturated carbocycles. The van der Waals surface area contributed by atoms with Crippen molar-refractivity contribution in [3.05, 3.63) is 59.1 Å². The molecule has 0 radical (unpaired) electrons. The molecule has 0 aliphatic carbocycles. The first-order valence-corrected chi connectivity index (χ1v) is 9.67. The van der Waals surface area contributed by atoms with Crippen LogP contribution in [0.25, 0.3) is 0 Å². The molecule has 0 aromatic heterocycles. The number of anilines is 2. The van der Waals surface area contributed by atoms with Gasteiger partial charge in [0, 0.05) is 29.5 Å². The van der Waals surface area contributed by atoms with Gasteiger partial charge in [-0.3, -0.25) is 0 Å². The molecule has 26 heavy (non-hydrogen) atoms. The molecule has 2 aromatic carbocycles. The summed E-state index contributed by atoms with van der Waals surface area (Å²) in [6.45, 7) is 11.3. The van der Waals surface area contributed by atoms with Gasteiger partial charge in [0.2, 0.25) is 0 Å². The van der Waals surface area contributed by atoms with E-state index >= 15 is 0 Å². The Hall–Kier alpha value is -1.22. The molecule has 142 valence electrons. The molecule has 4 heteroatoms. The first-order valence-electron chi connectivity index (χ1n) is 9.29. The van der Waals surface area contributed by atoms with E-state index in [1.54, 1.807) is 0 Å². The molecule has 0 unspecified atom stereocenters. The lowest BCUT2D eigenvalue weighted by Gasteiger charge is -2.28. The summed E-state index contributed by atoms with van der Waals surface area (Å²) in [4.78, 5) is 4.94. The van der Waals surface area contributed by atoms with Crippen LogP contribution in [0, 0.1) is 0 Å². The lowest BCUT2D eigenvalue weighted by Crippen LogP contribution is -2.31. The van der Waals surface area contributed by atoms with E-state index < -0.39 is 0 Å². The minimum Gasteiger partial charge on any atom is -0.340 e. The van der Waals surface area contributed by atoms with Crippen molar-refractivity contribution in [2.45, 2.75) is 39.0 Å². The van der Waals surface area contributed by atoms with Crippen LogP contribution in [0.1, 0.15) is 39.2 Å². The highest BCUT2D eigenvalue weighted by Crippen LogP contribution is 2.30. The molecule has 1 fully saturated rings. The minimum absolute atomic E-state index is 0. The van der Waals surface area contributed by atoms with Crippen molar-refractivity contribution in [2.75, 3.05) is 31.1 Å². The van der Waals surface area contributed by atoms with Crippen molar-refractivity contribution >= 4 is 35.4 Å². The van der Waals surface area contributed by atoms with E-state index in [9.17, 15) is 0 Å². The highest BCUT2D eigenvalue weighted by Gasteiger charge is 2.17. The molecule has 0 bridgehead atoms. The monoisotopic (exact) mass is 392 g/mol. The van der Waals surface area contributed by atoms with Gasteiger partial charge in [-0.25, -0.2) is 0 Å². The fourth-order valence-electron chi connectivity index (χ4n) is 3.44. The molecule has 2 nitrogen and oxygen atoms in total. The van der Waals surface area contributed by atoms with Crippen molar-refractivity contribution in [1.29, 1.82) is 0 Å². The Kier molecular flexibility index (Phi) is 7.40. The second-order valence-electron chi connectivity index (χ2n) is 7.98. The summed E-state index contributed by atoms with van der Waals surface area (Å²) < 4.78 is 0. The maximum atomic E-state index is 6.25. The average molecular weight is 393 g/mol. The third kappa shape index (κ3) is 5.39. The van der Waals surface area contributed by atoms with Gasteiger partial charge in [-0.05, 0) is 67.2 Å². The van der Waals surface area contributed by atoms with E-state index in [4.69, 9.17) is 11.6 Å². The van der Waals surface area contributed by atoms with Gasteiger partial charge < -0.3 is 9.80 Å². The van der Waals surface area contributed by atoms with Crippen LogP contribution in [0.15, 0.2) is 48.5 Å². The van der Waals surface area contributed by atoms with Crippen molar-refractivity contribution in [2.24, 2.45) is 0 Å². The molecule has 0 atom stereocenters. The van der Waals surface area contributed by atoms with Crippen LogP contribution in [0.2, 0.25) is 5.02 Å². The van der Waals surface area contributed by atoms with Gasteiger partial charge in [-0.15, -0.1) is 12.4 Å². The van der Waals surface area contributed by atoms with Crippen LogP contribution in [-0.4, -0.2) is 31.1 Å². The number of likely N-dealkylation sites (tertiary alicyclic amines) is 1. The second kappa shape index (κ2) is 9.12. The third-order valence-electron chi connectivity index (χ3n) is 5.00. The smallest absolute Gasteiger partial charge is 0.0426 e. The van der Waals surface area contributed by atoms with E-state index in [1.165, 1.54) is 37.2 Å². The van der Waals surface area contributed by atoms with Crippen LogP contribution < -0.4 is 4.90 Å². The third-order valence-corrected chi connectivity index (χ3v) is 5.24. The maximum Gasteiger partial charge on any atom is 0.0426 e.